The highest BCUT2D eigenvalue weighted by molar-refractivity contribution is 5.42. The first kappa shape index (κ1) is 7.47. The lowest BCUT2D eigenvalue weighted by molar-refractivity contribution is 0.227. The van der Waals surface area contributed by atoms with Crippen molar-refractivity contribution in [1.29, 1.82) is 0 Å². The lowest BCUT2D eigenvalue weighted by atomic mass is 10.1. The van der Waals surface area contributed by atoms with Crippen molar-refractivity contribution in [3.8, 4) is 11.5 Å². The summed E-state index contributed by atoms with van der Waals surface area (Å²) in [6, 6.07) is 5.04. The summed E-state index contributed by atoms with van der Waals surface area (Å²) < 4.78 is 5.54. The predicted molar refractivity (Wildman–Crippen MR) is 45.0 cm³/mol. The van der Waals surface area contributed by atoms with E-state index in [2.05, 4.69) is 6.92 Å². The standard InChI is InChI=1S/C10H11O2/c1-2-9-5-7-3-4-8(11)6-10(7)12-9/h3-4,6,9H,2,5H2,1H3. The van der Waals surface area contributed by atoms with Gasteiger partial charge in [0, 0.05) is 12.5 Å². The summed E-state index contributed by atoms with van der Waals surface area (Å²) in [4.78, 5) is 0. The average molecular weight is 163 g/mol. The molecule has 1 radical (unpaired) electrons. The Morgan fingerprint density at radius 2 is 2.42 bits per heavy atom. The van der Waals surface area contributed by atoms with Crippen molar-refractivity contribution in [2.45, 2.75) is 25.9 Å². The van der Waals surface area contributed by atoms with Gasteiger partial charge in [0.05, 0.1) is 0 Å². The van der Waals surface area contributed by atoms with Gasteiger partial charge in [-0.1, -0.05) is 13.0 Å². The molecule has 0 aliphatic carbocycles. The maximum Gasteiger partial charge on any atom is 0.182 e. The maximum atomic E-state index is 10.9. The van der Waals surface area contributed by atoms with E-state index >= 15 is 0 Å². The fraction of sp³-hybridized carbons (Fsp3) is 0.400. The molecule has 1 heterocycles. The van der Waals surface area contributed by atoms with Crippen LogP contribution in [-0.4, -0.2) is 6.10 Å². The molecule has 12 heavy (non-hydrogen) atoms. The van der Waals surface area contributed by atoms with E-state index in [4.69, 9.17) is 4.74 Å². The summed E-state index contributed by atoms with van der Waals surface area (Å²) >= 11 is 0. The van der Waals surface area contributed by atoms with Crippen LogP contribution in [0.2, 0.25) is 0 Å². The maximum absolute atomic E-state index is 10.9. The van der Waals surface area contributed by atoms with Crippen LogP contribution < -0.4 is 4.74 Å². The third kappa shape index (κ3) is 1.13. The third-order valence-corrected chi connectivity index (χ3v) is 2.24. The molecule has 1 atom stereocenters. The minimum absolute atomic E-state index is 0.0329. The minimum Gasteiger partial charge on any atom is -0.490 e. The Bertz CT molecular complexity index is 294. The Hall–Kier alpha value is -1.18. The second-order valence-electron chi connectivity index (χ2n) is 3.12. The Morgan fingerprint density at radius 1 is 1.58 bits per heavy atom. The average Bonchev–Trinajstić information content (AvgIpc) is 2.46. The van der Waals surface area contributed by atoms with Gasteiger partial charge in [-0.25, -0.2) is 0 Å². The molecule has 0 saturated carbocycles. The van der Waals surface area contributed by atoms with Gasteiger partial charge in [-0.3, -0.25) is 5.11 Å². The van der Waals surface area contributed by atoms with Gasteiger partial charge in [-0.15, -0.1) is 0 Å². The molecule has 63 valence electrons. The van der Waals surface area contributed by atoms with E-state index in [1.165, 1.54) is 5.56 Å². The van der Waals surface area contributed by atoms with E-state index in [0.29, 0.717) is 0 Å². The van der Waals surface area contributed by atoms with E-state index in [9.17, 15) is 5.11 Å². The Labute approximate surface area is 71.8 Å². The number of ether oxygens (including phenoxy) is 1. The molecule has 1 aromatic rings. The number of fused-ring (bicyclic) bond motifs is 1. The smallest absolute Gasteiger partial charge is 0.182 e. The molecule has 0 fully saturated rings. The quantitative estimate of drug-likeness (QED) is 0.625. The van der Waals surface area contributed by atoms with Crippen molar-refractivity contribution >= 4 is 0 Å². The molecule has 1 aliphatic heterocycles. The fourth-order valence-electron chi connectivity index (χ4n) is 1.51. The zero-order chi connectivity index (χ0) is 8.55. The van der Waals surface area contributed by atoms with Crippen LogP contribution in [0.25, 0.3) is 0 Å². The second kappa shape index (κ2) is 2.70. The summed E-state index contributed by atoms with van der Waals surface area (Å²) in [6.45, 7) is 2.09. The van der Waals surface area contributed by atoms with Gasteiger partial charge in [0.1, 0.15) is 11.9 Å². The van der Waals surface area contributed by atoms with E-state index in [1.54, 1.807) is 12.1 Å². The zero-order valence-corrected chi connectivity index (χ0v) is 7.04. The summed E-state index contributed by atoms with van der Waals surface area (Å²) in [7, 11) is 0. The molecule has 1 aliphatic rings. The molecule has 2 rings (SSSR count). The zero-order valence-electron chi connectivity index (χ0n) is 7.04. The molecule has 1 aromatic carbocycles. The second-order valence-corrected chi connectivity index (χ2v) is 3.12. The molecular weight excluding hydrogens is 152 g/mol. The first-order chi connectivity index (χ1) is 5.79. The van der Waals surface area contributed by atoms with Crippen LogP contribution in [0.1, 0.15) is 18.9 Å². The molecule has 1 unspecified atom stereocenters. The van der Waals surface area contributed by atoms with Gasteiger partial charge in [-0.2, -0.15) is 0 Å². The van der Waals surface area contributed by atoms with Gasteiger partial charge < -0.3 is 4.74 Å². The number of rotatable bonds is 1. The highest BCUT2D eigenvalue weighted by Gasteiger charge is 2.21. The topological polar surface area (TPSA) is 29.1 Å². The molecule has 2 heteroatoms. The largest absolute Gasteiger partial charge is 0.490 e. The van der Waals surface area contributed by atoms with Crippen LogP contribution in [-0.2, 0) is 11.5 Å². The summed E-state index contributed by atoms with van der Waals surface area (Å²) in [5, 5.41) is 10.9. The molecule has 0 aromatic heterocycles. The van der Waals surface area contributed by atoms with Gasteiger partial charge in [-0.05, 0) is 18.1 Å². The Balaban J connectivity index is 2.30. The van der Waals surface area contributed by atoms with Crippen LogP contribution in [0.15, 0.2) is 18.2 Å². The number of benzene rings is 1. The molecule has 2 nitrogen and oxygen atoms in total. The summed E-state index contributed by atoms with van der Waals surface area (Å²) in [5.74, 6) is 0.819. The van der Waals surface area contributed by atoms with Crippen LogP contribution in [0.3, 0.4) is 0 Å². The van der Waals surface area contributed by atoms with Crippen molar-refractivity contribution < 1.29 is 9.84 Å². The lowest BCUT2D eigenvalue weighted by Crippen LogP contribution is -2.10. The van der Waals surface area contributed by atoms with Crippen molar-refractivity contribution in [2.75, 3.05) is 0 Å². The van der Waals surface area contributed by atoms with Crippen LogP contribution >= 0.6 is 0 Å². The molecule has 0 saturated heterocycles. The fourth-order valence-corrected chi connectivity index (χ4v) is 1.51. The van der Waals surface area contributed by atoms with Crippen LogP contribution in [0.4, 0.5) is 0 Å². The number of hydrogen-bond acceptors (Lipinski definition) is 1. The van der Waals surface area contributed by atoms with E-state index < -0.39 is 0 Å². The molecular formula is C10H11O2. The van der Waals surface area contributed by atoms with Crippen LogP contribution in [0.5, 0.6) is 11.5 Å². The number of hydrogen-bond donors (Lipinski definition) is 0. The molecule has 0 N–H and O–H groups in total. The van der Waals surface area contributed by atoms with Crippen molar-refractivity contribution in [3.05, 3.63) is 23.8 Å². The summed E-state index contributed by atoms with van der Waals surface area (Å²) in [5.41, 5.74) is 1.17. The van der Waals surface area contributed by atoms with E-state index in [1.807, 2.05) is 6.07 Å². The Morgan fingerprint density at radius 3 is 3.17 bits per heavy atom. The SMILES string of the molecule is CCC1Cc2ccc([O])cc2O1. The first-order valence-electron chi connectivity index (χ1n) is 4.26. The first-order valence-corrected chi connectivity index (χ1v) is 4.26. The van der Waals surface area contributed by atoms with Crippen molar-refractivity contribution in [2.24, 2.45) is 0 Å². The highest BCUT2D eigenvalue weighted by atomic mass is 16.5. The van der Waals surface area contributed by atoms with Gasteiger partial charge in [0.25, 0.3) is 0 Å². The van der Waals surface area contributed by atoms with Crippen LogP contribution in [0, 0.1) is 0 Å². The monoisotopic (exact) mass is 163 g/mol. The lowest BCUT2D eigenvalue weighted by Gasteiger charge is -2.05. The van der Waals surface area contributed by atoms with E-state index in [0.717, 1.165) is 18.6 Å². The Kier molecular flexibility index (Phi) is 1.68. The minimum atomic E-state index is 0.0329. The highest BCUT2D eigenvalue weighted by Crippen LogP contribution is 2.32. The van der Waals surface area contributed by atoms with Gasteiger partial charge in [0.15, 0.2) is 5.75 Å². The third-order valence-electron chi connectivity index (χ3n) is 2.24. The normalized spacial score (nSPS) is 20.2. The van der Waals surface area contributed by atoms with Gasteiger partial charge in [0.2, 0.25) is 0 Å². The summed E-state index contributed by atoms with van der Waals surface area (Å²) in [6.07, 6.45) is 2.23. The van der Waals surface area contributed by atoms with E-state index in [-0.39, 0.29) is 11.9 Å². The molecule has 0 bridgehead atoms. The van der Waals surface area contributed by atoms with Crippen molar-refractivity contribution in [3.63, 3.8) is 0 Å². The predicted octanol–water partition coefficient (Wildman–Crippen LogP) is 2.54. The molecule has 0 spiro atoms. The van der Waals surface area contributed by atoms with Crippen molar-refractivity contribution in [1.82, 2.24) is 0 Å². The van der Waals surface area contributed by atoms with Gasteiger partial charge >= 0.3 is 0 Å². The molecule has 0 amide bonds.